The summed E-state index contributed by atoms with van der Waals surface area (Å²) in [7, 11) is 11.4. The number of esters is 1. The highest BCUT2D eigenvalue weighted by atomic mass is 16.6. The average Bonchev–Trinajstić information content (AvgIpc) is 4.23. The molecule has 4 aliphatic heterocycles. The maximum absolute atomic E-state index is 12.8. The van der Waals surface area contributed by atoms with Crippen molar-refractivity contribution < 1.29 is 62.4 Å². The zero-order valence-corrected chi connectivity index (χ0v) is 46.0. The van der Waals surface area contributed by atoms with Gasteiger partial charge < -0.3 is 62.6 Å². The molecule has 2 N–H and O–H groups in total. The van der Waals surface area contributed by atoms with Gasteiger partial charge in [0.15, 0.2) is 0 Å². The molecule has 6 fully saturated rings. The molecule has 0 amide bonds. The number of epoxide rings is 4. The number of hydrogen-bond donors (Lipinski definition) is 2. The van der Waals surface area contributed by atoms with E-state index < -0.39 is 12.1 Å². The summed E-state index contributed by atoms with van der Waals surface area (Å²) in [5, 5.41) is 18.8. The van der Waals surface area contributed by atoms with Crippen molar-refractivity contribution in [1.82, 2.24) is 9.80 Å². The molecule has 2 aromatic carbocycles. The van der Waals surface area contributed by atoms with Gasteiger partial charge in [-0.05, 0) is 156 Å². The summed E-state index contributed by atoms with van der Waals surface area (Å²) in [5.41, 5.74) is 3.82. The number of carboxylic acids is 1. The van der Waals surface area contributed by atoms with Crippen molar-refractivity contribution in [2.75, 3.05) is 81.9 Å². The lowest BCUT2D eigenvalue weighted by Gasteiger charge is -2.42. The first-order valence-corrected chi connectivity index (χ1v) is 26.5. The standard InChI is InChI=1S/C29H43NO6.C16H26O4.C13H19NO3.CH4/c1-20(2)7-13-24-28(3,36-24)27-26(32-6)23(15-16-29(27)19-34-29)35-25(31)14-10-21-8-11-22(12-9-21)33-18-17-30(4)5;1-10(2)5-6-12-15(3,20-12)14-13(18-4)11(17)7-8-16(14)9-19-16;1-14(2)9-10-17-12-6-3-11(4-7-12)5-8-13(15)16;/h7-9,11-12,23-24,26-27H,10,13-19H2,1-6H3;5,11-14,17H,6-9H2,1-4H3;3-4,6-7H,5,8-10H2,1-2H3,(H,15,16);1H4/t23?,24-,26-,27-,28+,29+;11?,12-,13-,14-,15+,16+;;/m11../s1. The molecule has 2 aliphatic carbocycles. The van der Waals surface area contributed by atoms with Crippen molar-refractivity contribution in [1.29, 1.82) is 0 Å². The van der Waals surface area contributed by atoms with E-state index in [1.807, 2.05) is 76.7 Å². The Morgan fingerprint density at radius 2 is 1.09 bits per heavy atom. The number of aliphatic hydroxyl groups is 1. The Bertz CT molecular complexity index is 2130. The van der Waals surface area contributed by atoms with Crippen LogP contribution in [0.4, 0.5) is 0 Å². The second-order valence-corrected chi connectivity index (χ2v) is 22.3. The Morgan fingerprint density at radius 1 is 0.676 bits per heavy atom. The second-order valence-electron chi connectivity index (χ2n) is 22.3. The van der Waals surface area contributed by atoms with E-state index in [0.717, 1.165) is 87.5 Å². The van der Waals surface area contributed by atoms with E-state index in [2.05, 4.69) is 63.5 Å². The number of carboxylic acid groups (broad SMARTS) is 1. The van der Waals surface area contributed by atoms with E-state index in [0.29, 0.717) is 32.5 Å². The van der Waals surface area contributed by atoms with Gasteiger partial charge in [0.2, 0.25) is 0 Å². The number of carbonyl (C=O) groups is 2. The maximum atomic E-state index is 12.8. The summed E-state index contributed by atoms with van der Waals surface area (Å²) < 4.78 is 53.0. The molecule has 416 valence electrons. The third kappa shape index (κ3) is 16.6. The fourth-order valence-corrected chi connectivity index (χ4v) is 11.0. The molecule has 8 rings (SSSR count). The largest absolute Gasteiger partial charge is 0.492 e. The van der Waals surface area contributed by atoms with Gasteiger partial charge in [-0.25, -0.2) is 0 Å². The lowest BCUT2D eigenvalue weighted by Crippen LogP contribution is -2.55. The van der Waals surface area contributed by atoms with Gasteiger partial charge >= 0.3 is 11.9 Å². The summed E-state index contributed by atoms with van der Waals surface area (Å²) >= 11 is 0. The minimum atomic E-state index is -0.767. The van der Waals surface area contributed by atoms with Crippen molar-refractivity contribution in [3.63, 3.8) is 0 Å². The number of aliphatic hydroxyl groups excluding tert-OH is 1. The molecule has 0 bridgehead atoms. The Morgan fingerprint density at radius 3 is 1.49 bits per heavy atom. The number of ether oxygens (including phenoxy) is 9. The zero-order valence-electron chi connectivity index (χ0n) is 46.0. The van der Waals surface area contributed by atoms with Gasteiger partial charge in [0.25, 0.3) is 0 Å². The summed E-state index contributed by atoms with van der Waals surface area (Å²) in [6.07, 6.45) is 10.4. The van der Waals surface area contributed by atoms with Gasteiger partial charge in [-0.15, -0.1) is 0 Å². The quantitative estimate of drug-likeness (QED) is 0.0615. The molecule has 4 saturated heterocycles. The molecule has 0 radical (unpaired) electrons. The Labute approximate surface area is 443 Å². The van der Waals surface area contributed by atoms with Crippen LogP contribution >= 0.6 is 0 Å². The van der Waals surface area contributed by atoms with E-state index in [-0.39, 0.29) is 84.6 Å². The number of carbonyl (C=O) groups excluding carboxylic acids is 1. The smallest absolute Gasteiger partial charge is 0.306 e. The Hall–Kier alpha value is -3.90. The summed E-state index contributed by atoms with van der Waals surface area (Å²) in [4.78, 5) is 27.4. The van der Waals surface area contributed by atoms with Crippen molar-refractivity contribution in [2.24, 2.45) is 11.8 Å². The van der Waals surface area contributed by atoms with Crippen LogP contribution in [0.2, 0.25) is 0 Å². The minimum Gasteiger partial charge on any atom is -0.492 e. The second kappa shape index (κ2) is 26.9. The first-order valence-electron chi connectivity index (χ1n) is 26.5. The fourth-order valence-electron chi connectivity index (χ4n) is 11.0. The van der Waals surface area contributed by atoms with Crippen LogP contribution in [0.25, 0.3) is 0 Å². The van der Waals surface area contributed by atoms with Crippen LogP contribution in [0.1, 0.15) is 111 Å². The number of benzene rings is 2. The minimum absolute atomic E-state index is 0. The molecule has 2 saturated carbocycles. The van der Waals surface area contributed by atoms with Crippen molar-refractivity contribution >= 4 is 11.9 Å². The van der Waals surface area contributed by atoms with Crippen LogP contribution in [0.15, 0.2) is 71.8 Å². The van der Waals surface area contributed by atoms with E-state index in [4.69, 9.17) is 47.7 Å². The molecule has 4 heterocycles. The Balaban J connectivity index is 0.000000225. The lowest BCUT2D eigenvalue weighted by molar-refractivity contribution is -0.171. The maximum Gasteiger partial charge on any atom is 0.306 e. The highest BCUT2D eigenvalue weighted by Gasteiger charge is 2.73. The number of aliphatic carboxylic acids is 1. The summed E-state index contributed by atoms with van der Waals surface area (Å²) in [5.74, 6) is 0.871. The van der Waals surface area contributed by atoms with Crippen LogP contribution in [-0.4, -0.2) is 173 Å². The van der Waals surface area contributed by atoms with Gasteiger partial charge in [0.1, 0.15) is 53.7 Å². The molecule has 2 aromatic rings. The molecule has 0 aromatic heterocycles. The van der Waals surface area contributed by atoms with Gasteiger partial charge in [-0.1, -0.05) is 55.0 Å². The number of likely N-dealkylation sites (N-methyl/N-ethyl adjacent to an activating group) is 2. The molecular formula is C59H92N2O13. The van der Waals surface area contributed by atoms with Crippen LogP contribution in [0.3, 0.4) is 0 Å². The Kier molecular flexibility index (Phi) is 22.2. The number of aryl methyl sites for hydroxylation is 2. The number of rotatable bonds is 23. The zero-order chi connectivity index (χ0) is 53.1. The first-order chi connectivity index (χ1) is 34.7. The third-order valence-electron chi connectivity index (χ3n) is 15.5. The molecule has 15 nitrogen and oxygen atoms in total. The van der Waals surface area contributed by atoms with Gasteiger partial charge in [-0.3, -0.25) is 9.59 Å². The van der Waals surface area contributed by atoms with Crippen molar-refractivity contribution in [3.05, 3.63) is 83.0 Å². The highest BCUT2D eigenvalue weighted by Crippen LogP contribution is 2.61. The predicted octanol–water partition coefficient (Wildman–Crippen LogP) is 8.51. The van der Waals surface area contributed by atoms with Crippen LogP contribution < -0.4 is 9.47 Å². The van der Waals surface area contributed by atoms with Crippen LogP contribution in [-0.2, 0) is 55.6 Å². The topological polar surface area (TPSA) is 177 Å². The average molecular weight is 1040 g/mol. The van der Waals surface area contributed by atoms with Crippen LogP contribution in [0.5, 0.6) is 11.5 Å². The SMILES string of the molecule is C.CN(C)CCOc1ccc(CCC(=O)O)cc1.CO[C@@H]1C(O)CC[C@]2(CO2)[C@H]1[C@@]1(C)O[C@@H]1CC=C(C)C.CO[C@@H]1C(OC(=O)CCc2ccc(OCCN(C)C)cc2)CC[C@]2(CO2)[C@H]1[C@@]1(C)O[C@@H]1CC=C(C)C. The third-order valence-corrected chi connectivity index (χ3v) is 15.5. The van der Waals surface area contributed by atoms with Gasteiger partial charge in [-0.2, -0.15) is 0 Å². The van der Waals surface area contributed by atoms with Gasteiger partial charge in [0.05, 0.1) is 55.1 Å². The van der Waals surface area contributed by atoms with Crippen molar-refractivity contribution in [3.8, 4) is 11.5 Å². The molecular weight excluding hydrogens is 945 g/mol. The van der Waals surface area contributed by atoms with Gasteiger partial charge in [0, 0.05) is 40.2 Å². The molecule has 15 heteroatoms. The molecule has 2 spiro atoms. The summed E-state index contributed by atoms with van der Waals surface area (Å²) in [6.45, 7) is 17.3. The van der Waals surface area contributed by atoms with E-state index in [1.54, 1.807) is 14.2 Å². The van der Waals surface area contributed by atoms with E-state index in [9.17, 15) is 14.7 Å². The monoisotopic (exact) mass is 1040 g/mol. The number of nitrogens with zero attached hydrogens (tertiary/aromatic N) is 2. The van der Waals surface area contributed by atoms with E-state index in [1.165, 1.54) is 11.1 Å². The van der Waals surface area contributed by atoms with Crippen LogP contribution in [0, 0.1) is 11.8 Å². The number of allylic oxidation sites excluding steroid dienone is 2. The molecule has 12 atom stereocenters. The molecule has 2 unspecified atom stereocenters. The molecule has 74 heavy (non-hydrogen) atoms. The first kappa shape index (κ1) is 61.0. The normalized spacial score (nSPS) is 31.9. The van der Waals surface area contributed by atoms with Crippen molar-refractivity contribution in [2.45, 2.75) is 172 Å². The number of hydrogen-bond acceptors (Lipinski definition) is 14. The summed E-state index contributed by atoms with van der Waals surface area (Å²) in [6, 6.07) is 15.5. The van der Waals surface area contributed by atoms with E-state index >= 15 is 0 Å². The highest BCUT2D eigenvalue weighted by molar-refractivity contribution is 5.70. The molecule has 6 aliphatic rings. The predicted molar refractivity (Wildman–Crippen MR) is 287 cm³/mol. The fraction of sp³-hybridized carbons (Fsp3) is 0.695. The number of methoxy groups -OCH3 is 2. The lowest BCUT2D eigenvalue weighted by atomic mass is 9.68.